The lowest BCUT2D eigenvalue weighted by molar-refractivity contribution is 0.853. The van der Waals surface area contributed by atoms with Gasteiger partial charge in [0, 0.05) is 0 Å². The number of rotatable bonds is 2. The Morgan fingerprint density at radius 1 is 1.06 bits per heavy atom. The molecule has 0 aliphatic heterocycles. The molecule has 0 fully saturated rings. The summed E-state index contributed by atoms with van der Waals surface area (Å²) in [5.74, 6) is 0. The van der Waals surface area contributed by atoms with Gasteiger partial charge in [0.25, 0.3) is 0 Å². The molecule has 0 aromatic heterocycles. The molecule has 1 aliphatic rings. The van der Waals surface area contributed by atoms with Gasteiger partial charge in [-0.05, 0) is 55.4 Å². The lowest BCUT2D eigenvalue weighted by atomic mass is 9.86. The van der Waals surface area contributed by atoms with E-state index in [9.17, 15) is 0 Å². The number of allylic oxidation sites excluding steroid dienone is 1. The van der Waals surface area contributed by atoms with Crippen LogP contribution in [0.4, 0.5) is 0 Å². The standard InChI is InChI=1S/C15H20.C2H6/c1-4-5-14-12(3)7-8-13-10-11(2)6-9-15(13)14;1-2/h7-8,10H,4-6,9H2,1-3H3;1-2H3. The average molecular weight is 230 g/mol. The highest BCUT2D eigenvalue weighted by Gasteiger charge is 2.13. The normalized spacial score (nSPS) is 13.4. The van der Waals surface area contributed by atoms with Crippen molar-refractivity contribution in [1.82, 2.24) is 0 Å². The molecule has 1 aromatic rings. The molecule has 17 heavy (non-hydrogen) atoms. The van der Waals surface area contributed by atoms with Gasteiger partial charge in [-0.25, -0.2) is 0 Å². The molecule has 1 aromatic carbocycles. The predicted molar refractivity (Wildman–Crippen MR) is 78.5 cm³/mol. The summed E-state index contributed by atoms with van der Waals surface area (Å²) in [6.07, 6.45) is 7.33. The second kappa shape index (κ2) is 6.64. The molecule has 0 heteroatoms. The largest absolute Gasteiger partial charge is 0.0724 e. The number of benzene rings is 1. The first-order valence-electron chi connectivity index (χ1n) is 7.01. The van der Waals surface area contributed by atoms with E-state index in [-0.39, 0.29) is 0 Å². The van der Waals surface area contributed by atoms with Gasteiger partial charge in [0.15, 0.2) is 0 Å². The quantitative estimate of drug-likeness (QED) is 0.644. The van der Waals surface area contributed by atoms with Gasteiger partial charge in [-0.3, -0.25) is 0 Å². The fourth-order valence-corrected chi connectivity index (χ4v) is 2.52. The number of aryl methyl sites for hydroxylation is 1. The molecule has 0 saturated heterocycles. The van der Waals surface area contributed by atoms with E-state index in [1.807, 2.05) is 13.8 Å². The van der Waals surface area contributed by atoms with Crippen molar-refractivity contribution in [2.45, 2.75) is 60.3 Å². The van der Waals surface area contributed by atoms with Crippen LogP contribution in [0.3, 0.4) is 0 Å². The van der Waals surface area contributed by atoms with Crippen LogP contribution in [0.15, 0.2) is 17.7 Å². The second-order valence-corrected chi connectivity index (χ2v) is 4.67. The zero-order valence-electron chi connectivity index (χ0n) is 12.1. The Morgan fingerprint density at radius 2 is 1.76 bits per heavy atom. The van der Waals surface area contributed by atoms with Gasteiger partial charge in [0.1, 0.15) is 0 Å². The van der Waals surface area contributed by atoms with E-state index < -0.39 is 0 Å². The fraction of sp³-hybridized carbons (Fsp3) is 0.529. The van der Waals surface area contributed by atoms with Crippen molar-refractivity contribution < 1.29 is 0 Å². The minimum absolute atomic E-state index is 1.24. The van der Waals surface area contributed by atoms with Gasteiger partial charge < -0.3 is 0 Å². The Balaban J connectivity index is 0.000000686. The van der Waals surface area contributed by atoms with Crippen molar-refractivity contribution in [2.24, 2.45) is 0 Å². The summed E-state index contributed by atoms with van der Waals surface area (Å²) in [6.45, 7) is 10.8. The van der Waals surface area contributed by atoms with Crippen LogP contribution in [0, 0.1) is 6.92 Å². The second-order valence-electron chi connectivity index (χ2n) is 4.67. The van der Waals surface area contributed by atoms with E-state index in [1.54, 1.807) is 11.1 Å². The highest BCUT2D eigenvalue weighted by atomic mass is 14.2. The van der Waals surface area contributed by atoms with Crippen LogP contribution in [0.25, 0.3) is 6.08 Å². The fourth-order valence-electron chi connectivity index (χ4n) is 2.52. The van der Waals surface area contributed by atoms with Gasteiger partial charge in [0.05, 0.1) is 0 Å². The Bertz CT molecular complexity index is 397. The summed E-state index contributed by atoms with van der Waals surface area (Å²) < 4.78 is 0. The topological polar surface area (TPSA) is 0 Å². The van der Waals surface area contributed by atoms with Crippen molar-refractivity contribution in [3.63, 3.8) is 0 Å². The molecule has 0 spiro atoms. The van der Waals surface area contributed by atoms with Crippen molar-refractivity contribution in [2.75, 3.05) is 0 Å². The van der Waals surface area contributed by atoms with Gasteiger partial charge >= 0.3 is 0 Å². The third kappa shape index (κ3) is 3.21. The lowest BCUT2D eigenvalue weighted by Gasteiger charge is -2.19. The molecular weight excluding hydrogens is 204 g/mol. The zero-order valence-corrected chi connectivity index (χ0v) is 12.1. The summed E-state index contributed by atoms with van der Waals surface area (Å²) in [7, 11) is 0. The highest BCUT2D eigenvalue weighted by molar-refractivity contribution is 5.62. The van der Waals surface area contributed by atoms with Crippen LogP contribution in [-0.2, 0) is 12.8 Å². The Kier molecular flexibility index (Phi) is 5.47. The van der Waals surface area contributed by atoms with Crippen molar-refractivity contribution >= 4 is 6.08 Å². The summed E-state index contributed by atoms with van der Waals surface area (Å²) in [6, 6.07) is 4.56. The van der Waals surface area contributed by atoms with Gasteiger partial charge in [-0.1, -0.05) is 51.0 Å². The molecule has 0 N–H and O–H groups in total. The van der Waals surface area contributed by atoms with Crippen LogP contribution in [-0.4, -0.2) is 0 Å². The third-order valence-electron chi connectivity index (χ3n) is 3.37. The number of fused-ring (bicyclic) bond motifs is 1. The molecule has 0 unspecified atom stereocenters. The minimum Gasteiger partial charge on any atom is -0.0724 e. The van der Waals surface area contributed by atoms with Crippen LogP contribution in [0.2, 0.25) is 0 Å². The summed E-state index contributed by atoms with van der Waals surface area (Å²) in [4.78, 5) is 0. The third-order valence-corrected chi connectivity index (χ3v) is 3.37. The molecule has 0 radical (unpaired) electrons. The Hall–Kier alpha value is -1.04. The first-order chi connectivity index (χ1) is 8.22. The molecule has 0 amide bonds. The van der Waals surface area contributed by atoms with Crippen molar-refractivity contribution in [3.05, 3.63) is 40.0 Å². The predicted octanol–water partition coefficient (Wildman–Crippen LogP) is 5.32. The van der Waals surface area contributed by atoms with Gasteiger partial charge in [-0.2, -0.15) is 0 Å². The summed E-state index contributed by atoms with van der Waals surface area (Å²) in [5.41, 5.74) is 7.69. The lowest BCUT2D eigenvalue weighted by Crippen LogP contribution is -2.04. The maximum atomic E-state index is 2.36. The van der Waals surface area contributed by atoms with Crippen LogP contribution >= 0.6 is 0 Å². The molecule has 0 saturated carbocycles. The molecule has 0 atom stereocenters. The van der Waals surface area contributed by atoms with E-state index in [1.165, 1.54) is 42.4 Å². The SMILES string of the molecule is CC.CCCc1c(C)ccc2c1CCC(C)=C2. The van der Waals surface area contributed by atoms with Crippen LogP contribution in [0.5, 0.6) is 0 Å². The first kappa shape index (κ1) is 14.0. The minimum atomic E-state index is 1.24. The first-order valence-corrected chi connectivity index (χ1v) is 7.01. The molecule has 0 bridgehead atoms. The maximum Gasteiger partial charge on any atom is -0.0222 e. The monoisotopic (exact) mass is 230 g/mol. The molecule has 0 heterocycles. The number of hydrogen-bond donors (Lipinski definition) is 0. The van der Waals surface area contributed by atoms with E-state index in [0.717, 1.165) is 0 Å². The molecular formula is C17H26. The van der Waals surface area contributed by atoms with E-state index >= 15 is 0 Å². The average Bonchev–Trinajstić information content (AvgIpc) is 2.35. The Labute approximate surface area is 107 Å². The van der Waals surface area contributed by atoms with Crippen molar-refractivity contribution in [1.29, 1.82) is 0 Å². The van der Waals surface area contributed by atoms with Gasteiger partial charge in [0.2, 0.25) is 0 Å². The van der Waals surface area contributed by atoms with E-state index in [4.69, 9.17) is 0 Å². The van der Waals surface area contributed by atoms with E-state index in [0.29, 0.717) is 0 Å². The molecule has 0 nitrogen and oxygen atoms in total. The smallest absolute Gasteiger partial charge is 0.0222 e. The highest BCUT2D eigenvalue weighted by Crippen LogP contribution is 2.29. The molecule has 1 aliphatic carbocycles. The van der Waals surface area contributed by atoms with Crippen molar-refractivity contribution in [3.8, 4) is 0 Å². The summed E-state index contributed by atoms with van der Waals surface area (Å²) in [5, 5.41) is 0. The molecule has 2 rings (SSSR count). The van der Waals surface area contributed by atoms with Crippen LogP contribution < -0.4 is 0 Å². The zero-order chi connectivity index (χ0) is 12.8. The maximum absolute atomic E-state index is 2.36. The van der Waals surface area contributed by atoms with E-state index in [2.05, 4.69) is 39.0 Å². The van der Waals surface area contributed by atoms with Gasteiger partial charge in [-0.15, -0.1) is 0 Å². The van der Waals surface area contributed by atoms with Crippen LogP contribution in [0.1, 0.15) is 62.8 Å². The summed E-state index contributed by atoms with van der Waals surface area (Å²) >= 11 is 0. The molecule has 94 valence electrons. The Morgan fingerprint density at radius 3 is 2.41 bits per heavy atom. The number of hydrogen-bond acceptors (Lipinski definition) is 0.